The van der Waals surface area contributed by atoms with Crippen LogP contribution >= 0.6 is 0 Å². The highest BCUT2D eigenvalue weighted by Crippen LogP contribution is 2.24. The first-order valence-electron chi connectivity index (χ1n) is 6.64. The largest absolute Gasteiger partial charge is 0.478 e. The summed E-state index contributed by atoms with van der Waals surface area (Å²) in [4.78, 5) is 11.3. The summed E-state index contributed by atoms with van der Waals surface area (Å²) in [5, 5.41) is 12.5. The summed E-state index contributed by atoms with van der Waals surface area (Å²) in [7, 11) is 0. The maximum atomic E-state index is 11.3. The number of benzene rings is 2. The van der Waals surface area contributed by atoms with Crippen LogP contribution in [0.15, 0.2) is 42.5 Å². The molecule has 0 fully saturated rings. The molecule has 0 heterocycles. The summed E-state index contributed by atoms with van der Waals surface area (Å²) in [5.74, 6) is -0.913. The van der Waals surface area contributed by atoms with E-state index in [1.54, 1.807) is 6.07 Å². The number of carbonyl (C=O) groups is 1. The van der Waals surface area contributed by atoms with E-state index in [1.807, 2.05) is 32.9 Å². The number of anilines is 1. The third kappa shape index (κ3) is 3.18. The second-order valence-corrected chi connectivity index (χ2v) is 5.13. The fraction of sp³-hybridized carbons (Fsp3) is 0.235. The first kappa shape index (κ1) is 14.1. The third-order valence-electron chi connectivity index (χ3n) is 3.35. The molecule has 104 valence electrons. The SMILES string of the molecule is Cc1ccc(C(C)Nc2cc(C)ccc2C(=O)O)cc1. The number of rotatable bonds is 4. The van der Waals surface area contributed by atoms with Crippen LogP contribution in [-0.2, 0) is 0 Å². The molecule has 0 spiro atoms. The van der Waals surface area contributed by atoms with Crippen LogP contribution in [0.1, 0.15) is 40.0 Å². The molecular formula is C17H19NO2. The predicted octanol–water partition coefficient (Wildman–Crippen LogP) is 4.17. The Morgan fingerprint density at radius 3 is 2.25 bits per heavy atom. The van der Waals surface area contributed by atoms with Crippen LogP contribution in [0, 0.1) is 13.8 Å². The average molecular weight is 269 g/mol. The van der Waals surface area contributed by atoms with E-state index in [9.17, 15) is 9.90 Å². The molecule has 0 aliphatic rings. The van der Waals surface area contributed by atoms with Crippen molar-refractivity contribution < 1.29 is 9.90 Å². The molecule has 2 aromatic carbocycles. The summed E-state index contributed by atoms with van der Waals surface area (Å²) in [6.45, 7) is 6.02. The van der Waals surface area contributed by atoms with Crippen molar-refractivity contribution in [2.45, 2.75) is 26.8 Å². The number of carboxylic acids is 1. The van der Waals surface area contributed by atoms with Crippen molar-refractivity contribution in [3.63, 3.8) is 0 Å². The first-order chi connectivity index (χ1) is 9.47. The van der Waals surface area contributed by atoms with Gasteiger partial charge in [-0.1, -0.05) is 35.9 Å². The van der Waals surface area contributed by atoms with Gasteiger partial charge in [0, 0.05) is 11.7 Å². The molecule has 0 bridgehead atoms. The number of carboxylic acid groups (broad SMARTS) is 1. The molecule has 1 unspecified atom stereocenters. The summed E-state index contributed by atoms with van der Waals surface area (Å²) >= 11 is 0. The second-order valence-electron chi connectivity index (χ2n) is 5.13. The van der Waals surface area contributed by atoms with Crippen LogP contribution in [0.4, 0.5) is 5.69 Å². The fourth-order valence-corrected chi connectivity index (χ4v) is 2.14. The lowest BCUT2D eigenvalue weighted by Gasteiger charge is -2.18. The molecule has 3 nitrogen and oxygen atoms in total. The number of aromatic carboxylic acids is 1. The van der Waals surface area contributed by atoms with Gasteiger partial charge in [-0.25, -0.2) is 4.79 Å². The van der Waals surface area contributed by atoms with Gasteiger partial charge in [-0.15, -0.1) is 0 Å². The highest BCUT2D eigenvalue weighted by atomic mass is 16.4. The maximum Gasteiger partial charge on any atom is 0.337 e. The highest BCUT2D eigenvalue weighted by Gasteiger charge is 2.13. The predicted molar refractivity (Wildman–Crippen MR) is 81.4 cm³/mol. The van der Waals surface area contributed by atoms with E-state index in [-0.39, 0.29) is 6.04 Å². The average Bonchev–Trinajstić information content (AvgIpc) is 2.39. The Labute approximate surface area is 119 Å². The molecule has 3 heteroatoms. The lowest BCUT2D eigenvalue weighted by atomic mass is 10.0. The Kier molecular flexibility index (Phi) is 4.08. The zero-order chi connectivity index (χ0) is 14.7. The molecule has 2 N–H and O–H groups in total. The maximum absolute atomic E-state index is 11.3. The number of hydrogen-bond donors (Lipinski definition) is 2. The summed E-state index contributed by atoms with van der Waals surface area (Å²) in [6.07, 6.45) is 0. The van der Waals surface area contributed by atoms with Gasteiger partial charge in [0.05, 0.1) is 5.56 Å². The van der Waals surface area contributed by atoms with E-state index >= 15 is 0 Å². The van der Waals surface area contributed by atoms with Gasteiger partial charge in [0.1, 0.15) is 0 Å². The van der Waals surface area contributed by atoms with E-state index in [0.717, 1.165) is 11.1 Å². The van der Waals surface area contributed by atoms with Crippen molar-refractivity contribution in [3.05, 3.63) is 64.7 Å². The first-order valence-corrected chi connectivity index (χ1v) is 6.64. The lowest BCUT2D eigenvalue weighted by molar-refractivity contribution is 0.0698. The molecule has 2 aromatic rings. The van der Waals surface area contributed by atoms with Crippen molar-refractivity contribution in [3.8, 4) is 0 Å². The van der Waals surface area contributed by atoms with E-state index in [0.29, 0.717) is 11.3 Å². The molecule has 0 radical (unpaired) electrons. The van der Waals surface area contributed by atoms with Crippen molar-refractivity contribution in [1.29, 1.82) is 0 Å². The van der Waals surface area contributed by atoms with Crippen LogP contribution in [0.25, 0.3) is 0 Å². The molecule has 2 rings (SSSR count). The van der Waals surface area contributed by atoms with Crippen molar-refractivity contribution >= 4 is 11.7 Å². The van der Waals surface area contributed by atoms with E-state index in [1.165, 1.54) is 5.56 Å². The van der Waals surface area contributed by atoms with Crippen LogP contribution in [0.3, 0.4) is 0 Å². The van der Waals surface area contributed by atoms with Crippen molar-refractivity contribution in [2.75, 3.05) is 5.32 Å². The van der Waals surface area contributed by atoms with E-state index in [4.69, 9.17) is 0 Å². The Morgan fingerprint density at radius 1 is 1.05 bits per heavy atom. The monoisotopic (exact) mass is 269 g/mol. The van der Waals surface area contributed by atoms with Crippen LogP contribution in [0.2, 0.25) is 0 Å². The summed E-state index contributed by atoms with van der Waals surface area (Å²) in [6, 6.07) is 13.6. The lowest BCUT2D eigenvalue weighted by Crippen LogP contribution is -2.11. The summed E-state index contributed by atoms with van der Waals surface area (Å²) < 4.78 is 0. The summed E-state index contributed by atoms with van der Waals surface area (Å²) in [5.41, 5.74) is 4.34. The van der Waals surface area contributed by atoms with Gasteiger partial charge in [0.2, 0.25) is 0 Å². The van der Waals surface area contributed by atoms with E-state index < -0.39 is 5.97 Å². The molecular weight excluding hydrogens is 250 g/mol. The standard InChI is InChI=1S/C17H19NO2/c1-11-4-7-14(8-5-11)13(3)18-16-10-12(2)6-9-15(16)17(19)20/h4-10,13,18H,1-3H3,(H,19,20). The van der Waals surface area contributed by atoms with Crippen LogP contribution in [0.5, 0.6) is 0 Å². The minimum Gasteiger partial charge on any atom is -0.478 e. The Morgan fingerprint density at radius 2 is 1.65 bits per heavy atom. The normalized spacial score (nSPS) is 11.9. The van der Waals surface area contributed by atoms with Crippen LogP contribution in [-0.4, -0.2) is 11.1 Å². The topological polar surface area (TPSA) is 49.3 Å². The minimum atomic E-state index is -0.913. The number of hydrogen-bond acceptors (Lipinski definition) is 2. The van der Waals surface area contributed by atoms with Gasteiger partial charge >= 0.3 is 5.97 Å². The van der Waals surface area contributed by atoms with E-state index in [2.05, 4.69) is 29.6 Å². The van der Waals surface area contributed by atoms with Crippen molar-refractivity contribution in [2.24, 2.45) is 0 Å². The quantitative estimate of drug-likeness (QED) is 0.875. The Balaban J connectivity index is 2.27. The van der Waals surface area contributed by atoms with Crippen LogP contribution < -0.4 is 5.32 Å². The zero-order valence-electron chi connectivity index (χ0n) is 12.0. The smallest absolute Gasteiger partial charge is 0.337 e. The molecule has 0 aromatic heterocycles. The van der Waals surface area contributed by atoms with Gasteiger partial charge in [0.15, 0.2) is 0 Å². The number of aryl methyl sites for hydroxylation is 2. The molecule has 20 heavy (non-hydrogen) atoms. The Bertz CT molecular complexity index is 617. The fourth-order valence-electron chi connectivity index (χ4n) is 2.14. The molecule has 0 saturated heterocycles. The van der Waals surface area contributed by atoms with Gasteiger partial charge in [-0.3, -0.25) is 0 Å². The van der Waals surface area contributed by atoms with Gasteiger partial charge in [0.25, 0.3) is 0 Å². The van der Waals surface area contributed by atoms with Gasteiger partial charge in [-0.05, 0) is 44.0 Å². The third-order valence-corrected chi connectivity index (χ3v) is 3.35. The molecule has 1 atom stereocenters. The van der Waals surface area contributed by atoms with Crippen molar-refractivity contribution in [1.82, 2.24) is 0 Å². The second kappa shape index (κ2) is 5.78. The number of nitrogens with one attached hydrogen (secondary N) is 1. The Hall–Kier alpha value is -2.29. The molecule has 0 aliphatic heterocycles. The molecule has 0 aliphatic carbocycles. The molecule has 0 saturated carbocycles. The highest BCUT2D eigenvalue weighted by molar-refractivity contribution is 5.94. The zero-order valence-corrected chi connectivity index (χ0v) is 12.0. The minimum absolute atomic E-state index is 0.0514. The van der Waals surface area contributed by atoms with Gasteiger partial charge < -0.3 is 10.4 Å². The van der Waals surface area contributed by atoms with Gasteiger partial charge in [-0.2, -0.15) is 0 Å². The molecule has 0 amide bonds.